The minimum atomic E-state index is -4.18. The summed E-state index contributed by atoms with van der Waals surface area (Å²) in [5.74, 6) is 1.92. The van der Waals surface area contributed by atoms with Crippen molar-refractivity contribution in [1.82, 2.24) is 14.5 Å². The summed E-state index contributed by atoms with van der Waals surface area (Å²) in [4.78, 5) is 14.3. The first-order chi connectivity index (χ1) is 29.3. The van der Waals surface area contributed by atoms with E-state index in [0.29, 0.717) is 18.0 Å². The highest BCUT2D eigenvalue weighted by Crippen LogP contribution is 2.48. The highest BCUT2D eigenvalue weighted by atomic mass is 32.2. The number of benzene rings is 6. The van der Waals surface area contributed by atoms with Crippen LogP contribution in [0, 0.1) is 0 Å². The summed E-state index contributed by atoms with van der Waals surface area (Å²) < 4.78 is 45.3. The maximum atomic E-state index is 12.0. The van der Waals surface area contributed by atoms with Crippen molar-refractivity contribution >= 4 is 76.9 Å². The molecule has 10 nitrogen and oxygen atoms in total. The van der Waals surface area contributed by atoms with E-state index in [1.54, 1.807) is 11.3 Å². The number of fused-ring (bicyclic) bond motifs is 4. The van der Waals surface area contributed by atoms with Gasteiger partial charge in [-0.3, -0.25) is 9.45 Å². The molecule has 60 heavy (non-hydrogen) atoms. The minimum Gasteiger partial charge on any atom is -0.436 e. The number of anilines is 3. The predicted molar refractivity (Wildman–Crippen MR) is 241 cm³/mol. The first kappa shape index (κ1) is 37.4. The number of imidazole rings is 1. The van der Waals surface area contributed by atoms with Crippen molar-refractivity contribution in [3.8, 4) is 27.7 Å². The molecule has 9 aromatic rings. The van der Waals surface area contributed by atoms with E-state index in [-0.39, 0.29) is 12.2 Å². The fraction of sp³-hybridized carbons (Fsp3) is 0.104. The molecule has 0 amide bonds. The van der Waals surface area contributed by atoms with Crippen molar-refractivity contribution in [2.75, 3.05) is 22.1 Å². The number of para-hydroxylation sites is 5. The molecular weight excluding hydrogens is 789 g/mol. The lowest BCUT2D eigenvalue weighted by molar-refractivity contribution is -0.673. The largest absolute Gasteiger partial charge is 0.436 e. The van der Waals surface area contributed by atoms with E-state index in [9.17, 15) is 13.0 Å². The third kappa shape index (κ3) is 6.94. The van der Waals surface area contributed by atoms with Gasteiger partial charge in [-0.05, 0) is 91.9 Å². The molecule has 0 saturated carbocycles. The van der Waals surface area contributed by atoms with Gasteiger partial charge in [0.25, 0.3) is 15.9 Å². The summed E-state index contributed by atoms with van der Waals surface area (Å²) >= 11 is 1.69. The van der Waals surface area contributed by atoms with Crippen LogP contribution in [0.3, 0.4) is 0 Å². The average Bonchev–Trinajstić information content (AvgIpc) is 4.04. The van der Waals surface area contributed by atoms with Crippen molar-refractivity contribution in [1.29, 1.82) is 0 Å². The zero-order valence-electron chi connectivity index (χ0n) is 32.6. The Labute approximate surface area is 351 Å². The zero-order valence-corrected chi connectivity index (χ0v) is 34.2. The number of thiazole rings is 1. The third-order valence-corrected chi connectivity index (χ3v) is 12.6. The number of nitrogens with zero attached hydrogens (tertiary/aromatic N) is 6. The monoisotopic (exact) mass is 827 g/mol. The van der Waals surface area contributed by atoms with Crippen molar-refractivity contribution in [3.05, 3.63) is 169 Å². The van der Waals surface area contributed by atoms with E-state index in [1.165, 1.54) is 0 Å². The molecule has 4 heterocycles. The highest BCUT2D eigenvalue weighted by molar-refractivity contribution is 7.85. The number of aromatic nitrogens is 4. The van der Waals surface area contributed by atoms with Gasteiger partial charge < -0.3 is 9.32 Å². The van der Waals surface area contributed by atoms with Crippen LogP contribution in [-0.4, -0.2) is 39.8 Å². The van der Waals surface area contributed by atoms with Gasteiger partial charge in [0, 0.05) is 41.9 Å². The highest BCUT2D eigenvalue weighted by Gasteiger charge is 2.32. The van der Waals surface area contributed by atoms with Crippen LogP contribution in [0.15, 0.2) is 168 Å². The van der Waals surface area contributed by atoms with Crippen molar-refractivity contribution in [2.24, 2.45) is 0 Å². The van der Waals surface area contributed by atoms with Crippen molar-refractivity contribution in [3.63, 3.8) is 0 Å². The number of oxazole rings is 1. The molecule has 296 valence electrons. The van der Waals surface area contributed by atoms with Crippen LogP contribution in [0.2, 0.25) is 0 Å². The Hall–Kier alpha value is -6.86. The first-order valence-electron chi connectivity index (χ1n) is 19.8. The Balaban J connectivity index is 1.12. The van der Waals surface area contributed by atoms with E-state index in [1.807, 2.05) is 78.9 Å². The zero-order chi connectivity index (χ0) is 40.8. The molecule has 0 atom stereocenters. The second kappa shape index (κ2) is 15.4. The van der Waals surface area contributed by atoms with E-state index in [4.69, 9.17) is 14.4 Å². The number of rotatable bonds is 11. The smallest absolute Gasteiger partial charge is 0.287 e. The van der Waals surface area contributed by atoms with Gasteiger partial charge >= 0.3 is 0 Å². The van der Waals surface area contributed by atoms with Crippen LogP contribution >= 0.6 is 11.3 Å². The van der Waals surface area contributed by atoms with E-state index < -0.39 is 10.1 Å². The van der Waals surface area contributed by atoms with Gasteiger partial charge in [0.05, 0.1) is 33.9 Å². The second-order valence-electron chi connectivity index (χ2n) is 14.5. The number of hydrogen-bond acceptors (Lipinski definition) is 8. The fourth-order valence-electron chi connectivity index (χ4n) is 8.07. The Kier molecular flexibility index (Phi) is 9.59. The fourth-order valence-corrected chi connectivity index (χ4v) is 9.52. The summed E-state index contributed by atoms with van der Waals surface area (Å²) in [6.07, 6.45) is 6.46. The molecule has 0 aliphatic carbocycles. The summed E-state index contributed by atoms with van der Waals surface area (Å²) in [6, 6.07) is 49.0. The molecule has 12 heteroatoms. The molecule has 0 spiro atoms. The molecular formula is C48H39N6O4S2+. The molecule has 0 unspecified atom stereocenters. The number of hydrogen-bond donors (Lipinski definition) is 1. The lowest BCUT2D eigenvalue weighted by Crippen LogP contribution is -2.37. The maximum Gasteiger partial charge on any atom is 0.287 e. The molecule has 6 aromatic carbocycles. The van der Waals surface area contributed by atoms with E-state index in [2.05, 4.69) is 111 Å². The summed E-state index contributed by atoms with van der Waals surface area (Å²) in [6.45, 7) is 3.20. The first-order valence-corrected chi connectivity index (χ1v) is 22.2. The van der Waals surface area contributed by atoms with Crippen LogP contribution < -0.4 is 14.4 Å². The van der Waals surface area contributed by atoms with Crippen LogP contribution in [0.4, 0.5) is 17.1 Å². The molecule has 0 radical (unpaired) electrons. The Morgan fingerprint density at radius 3 is 2.23 bits per heavy atom. The summed E-state index contributed by atoms with van der Waals surface area (Å²) in [7, 11) is -4.18. The second-order valence-corrected chi connectivity index (χ2v) is 17.1. The standard InChI is InChI=1S/C48H38N6O4S2/c1-2-51-41-32-34(48-50-38-20-10-12-22-44(38)59-48)26-28-39(41)53(35-15-5-3-6-16-35)45(51)23-13-24-46-52(29-14-30-60(55,56)57)42-31-33(47-49-37-19-9-11-21-43(37)58-47)25-27-40(42)54(46)36-17-7-4-8-18-36/h3-13,15-28,31-32H,2,14,29-30H2,1H3/p+1. The average molecular weight is 828 g/mol. The quantitative estimate of drug-likeness (QED) is 0.101. The Morgan fingerprint density at radius 2 is 1.48 bits per heavy atom. The van der Waals surface area contributed by atoms with E-state index in [0.717, 1.165) is 83.8 Å². The summed E-state index contributed by atoms with van der Waals surface area (Å²) in [5, 5.41) is 0.977. The number of aryl methyl sites for hydroxylation is 1. The normalized spacial score (nSPS) is 13.8. The minimum absolute atomic E-state index is 0.199. The lowest BCUT2D eigenvalue weighted by atomic mass is 10.1. The molecule has 3 aromatic heterocycles. The predicted octanol–water partition coefficient (Wildman–Crippen LogP) is 10.8. The van der Waals surface area contributed by atoms with Gasteiger partial charge in [-0.1, -0.05) is 66.7 Å². The van der Waals surface area contributed by atoms with Crippen LogP contribution in [-0.2, 0) is 16.7 Å². The van der Waals surface area contributed by atoms with Gasteiger partial charge in [-0.15, -0.1) is 11.3 Å². The van der Waals surface area contributed by atoms with Crippen LogP contribution in [0.25, 0.3) is 66.1 Å². The topological polar surface area (TPSA) is 109 Å². The molecule has 0 saturated heterocycles. The molecule has 10 rings (SSSR count). The van der Waals surface area contributed by atoms with Gasteiger partial charge in [-0.25, -0.2) is 14.5 Å². The van der Waals surface area contributed by atoms with Gasteiger partial charge in [0.2, 0.25) is 5.89 Å². The maximum absolute atomic E-state index is 12.0. The molecule has 1 aliphatic rings. The van der Waals surface area contributed by atoms with Crippen molar-refractivity contribution < 1.29 is 22.0 Å². The lowest BCUT2D eigenvalue weighted by Gasteiger charge is -2.24. The molecule has 1 aliphatic heterocycles. The third-order valence-electron chi connectivity index (χ3n) is 10.7. The molecule has 0 fully saturated rings. The molecule has 0 bridgehead atoms. The molecule has 1 N–H and O–H groups in total. The van der Waals surface area contributed by atoms with Gasteiger partial charge in [-0.2, -0.15) is 13.0 Å². The van der Waals surface area contributed by atoms with Crippen LogP contribution in [0.5, 0.6) is 0 Å². The Morgan fingerprint density at radius 1 is 0.767 bits per heavy atom. The van der Waals surface area contributed by atoms with Crippen molar-refractivity contribution in [2.45, 2.75) is 19.9 Å². The number of allylic oxidation sites excluding steroid dienone is 2. The Bertz CT molecular complexity index is 3160. The van der Waals surface area contributed by atoms with Crippen LogP contribution in [0.1, 0.15) is 19.2 Å². The summed E-state index contributed by atoms with van der Waals surface area (Å²) in [5.41, 5.74) is 10.2. The van der Waals surface area contributed by atoms with E-state index >= 15 is 0 Å². The SMILES string of the molecule is CCN1/C(=C/C=C/c2n(-c3ccccc3)c3ccc(-c4nc5ccccc5o4)cc3[n+]2CCCS(=O)(=O)O)N(c2ccccc2)c2ccc(-c3nc4ccccc4s3)cc21. The van der Waals surface area contributed by atoms with Gasteiger partial charge in [0.1, 0.15) is 22.0 Å². The van der Waals surface area contributed by atoms with Gasteiger partial charge in [0.15, 0.2) is 16.6 Å².